The van der Waals surface area contributed by atoms with E-state index in [1.165, 1.54) is 15.6 Å². The standard InChI is InChI=1S/C14H10N4/c15-18-14-12-8-4-2-6-10(12)9-5-1-3-7-11(9)13(14)16-17-18/h1-8H,15H2. The fourth-order valence-electron chi connectivity index (χ4n) is 2.57. The topological polar surface area (TPSA) is 56.7 Å². The van der Waals surface area contributed by atoms with Crippen LogP contribution in [0, 0.1) is 0 Å². The van der Waals surface area contributed by atoms with Gasteiger partial charge < -0.3 is 5.84 Å². The Balaban J connectivity index is 2.48. The predicted octanol–water partition coefficient (Wildman–Crippen LogP) is 2.45. The van der Waals surface area contributed by atoms with Crippen molar-refractivity contribution in [1.82, 2.24) is 15.1 Å². The van der Waals surface area contributed by atoms with Gasteiger partial charge in [0.15, 0.2) is 0 Å². The van der Waals surface area contributed by atoms with E-state index >= 15 is 0 Å². The van der Waals surface area contributed by atoms with Crippen LogP contribution in [0.25, 0.3) is 32.6 Å². The summed E-state index contributed by atoms with van der Waals surface area (Å²) in [7, 11) is 0. The third-order valence-electron chi connectivity index (χ3n) is 3.35. The minimum atomic E-state index is 0.854. The average Bonchev–Trinajstić information content (AvgIpc) is 2.82. The van der Waals surface area contributed by atoms with Gasteiger partial charge in [0.25, 0.3) is 0 Å². The zero-order valence-electron chi connectivity index (χ0n) is 9.54. The molecule has 4 aromatic rings. The van der Waals surface area contributed by atoms with E-state index in [-0.39, 0.29) is 0 Å². The second-order valence-electron chi connectivity index (χ2n) is 4.32. The molecule has 2 N–H and O–H groups in total. The molecule has 1 aromatic heterocycles. The van der Waals surface area contributed by atoms with E-state index in [2.05, 4.69) is 34.6 Å². The molecule has 0 saturated carbocycles. The Morgan fingerprint density at radius 3 is 2.06 bits per heavy atom. The second-order valence-corrected chi connectivity index (χ2v) is 4.32. The van der Waals surface area contributed by atoms with Crippen LogP contribution in [0.5, 0.6) is 0 Å². The fourth-order valence-corrected chi connectivity index (χ4v) is 2.57. The van der Waals surface area contributed by atoms with Gasteiger partial charge in [0, 0.05) is 10.8 Å². The first-order valence-electron chi connectivity index (χ1n) is 5.76. The van der Waals surface area contributed by atoms with Gasteiger partial charge in [0.1, 0.15) is 11.0 Å². The van der Waals surface area contributed by atoms with Gasteiger partial charge in [-0.05, 0) is 16.0 Å². The number of nitrogens with two attached hydrogens (primary N) is 1. The maximum absolute atomic E-state index is 5.88. The van der Waals surface area contributed by atoms with Crippen molar-refractivity contribution in [3.63, 3.8) is 0 Å². The highest BCUT2D eigenvalue weighted by Crippen LogP contribution is 2.32. The summed E-state index contributed by atoms with van der Waals surface area (Å²) >= 11 is 0. The lowest BCUT2D eigenvalue weighted by molar-refractivity contribution is 0.788. The SMILES string of the molecule is Nn1nnc2c3ccccc3c3ccccc3c21. The van der Waals surface area contributed by atoms with Gasteiger partial charge in [-0.1, -0.05) is 48.5 Å². The first-order chi connectivity index (χ1) is 8.86. The van der Waals surface area contributed by atoms with Gasteiger partial charge in [-0.3, -0.25) is 0 Å². The van der Waals surface area contributed by atoms with Crippen LogP contribution in [0.4, 0.5) is 0 Å². The summed E-state index contributed by atoms with van der Waals surface area (Å²) in [6.45, 7) is 0. The van der Waals surface area contributed by atoms with Crippen LogP contribution < -0.4 is 5.84 Å². The molecule has 86 valence electrons. The third-order valence-corrected chi connectivity index (χ3v) is 3.35. The third kappa shape index (κ3) is 1.04. The summed E-state index contributed by atoms with van der Waals surface area (Å²) in [4.78, 5) is 1.35. The largest absolute Gasteiger partial charge is 0.321 e. The van der Waals surface area contributed by atoms with Crippen molar-refractivity contribution in [1.29, 1.82) is 0 Å². The van der Waals surface area contributed by atoms with Crippen molar-refractivity contribution < 1.29 is 0 Å². The molecule has 0 amide bonds. The van der Waals surface area contributed by atoms with Crippen molar-refractivity contribution in [3.05, 3.63) is 48.5 Å². The highest BCUT2D eigenvalue weighted by Gasteiger charge is 2.12. The molecule has 0 spiro atoms. The van der Waals surface area contributed by atoms with Crippen molar-refractivity contribution in [2.45, 2.75) is 0 Å². The molecule has 0 unspecified atom stereocenters. The lowest BCUT2D eigenvalue weighted by atomic mass is 10.0. The van der Waals surface area contributed by atoms with Crippen molar-refractivity contribution in [2.24, 2.45) is 0 Å². The highest BCUT2D eigenvalue weighted by molar-refractivity contribution is 6.23. The Labute approximate surface area is 103 Å². The summed E-state index contributed by atoms with van der Waals surface area (Å²) in [5, 5.41) is 12.7. The van der Waals surface area contributed by atoms with E-state index in [0.717, 1.165) is 21.8 Å². The van der Waals surface area contributed by atoms with Gasteiger partial charge in [0.2, 0.25) is 0 Å². The first-order valence-corrected chi connectivity index (χ1v) is 5.76. The number of fused-ring (bicyclic) bond motifs is 6. The molecule has 0 atom stereocenters. The summed E-state index contributed by atoms with van der Waals surface area (Å²) in [5.74, 6) is 5.88. The zero-order valence-corrected chi connectivity index (χ0v) is 9.54. The number of nitrogens with zero attached hydrogens (tertiary/aromatic N) is 3. The van der Waals surface area contributed by atoms with E-state index in [0.29, 0.717) is 0 Å². The first kappa shape index (κ1) is 9.41. The van der Waals surface area contributed by atoms with Crippen LogP contribution in [0.15, 0.2) is 48.5 Å². The maximum atomic E-state index is 5.88. The van der Waals surface area contributed by atoms with Gasteiger partial charge in [0.05, 0.1) is 0 Å². The monoisotopic (exact) mass is 234 g/mol. The maximum Gasteiger partial charge on any atom is 0.123 e. The van der Waals surface area contributed by atoms with Gasteiger partial charge in [-0.15, -0.1) is 5.10 Å². The van der Waals surface area contributed by atoms with Gasteiger partial charge in [-0.2, -0.15) is 4.79 Å². The Morgan fingerprint density at radius 1 is 0.778 bits per heavy atom. The molecule has 0 aliphatic rings. The molecule has 3 aromatic carbocycles. The number of nitrogen functional groups attached to an aromatic ring is 1. The zero-order chi connectivity index (χ0) is 12.1. The van der Waals surface area contributed by atoms with Crippen LogP contribution in [0.3, 0.4) is 0 Å². The molecule has 0 radical (unpaired) electrons. The molecule has 0 bridgehead atoms. The number of hydrogen-bond donors (Lipinski definition) is 1. The number of aromatic nitrogens is 3. The summed E-state index contributed by atoms with van der Waals surface area (Å²) in [6.07, 6.45) is 0. The summed E-state index contributed by atoms with van der Waals surface area (Å²) in [5.41, 5.74) is 1.73. The molecule has 0 fully saturated rings. The van der Waals surface area contributed by atoms with Crippen LogP contribution in [0.1, 0.15) is 0 Å². The van der Waals surface area contributed by atoms with E-state index < -0.39 is 0 Å². The minimum absolute atomic E-state index is 0.854. The minimum Gasteiger partial charge on any atom is -0.321 e. The Kier molecular flexibility index (Phi) is 1.67. The summed E-state index contributed by atoms with van der Waals surface area (Å²) in [6, 6.07) is 16.4. The Hall–Kier alpha value is -2.62. The number of rotatable bonds is 0. The molecule has 0 aliphatic heterocycles. The lowest BCUT2D eigenvalue weighted by Gasteiger charge is -2.05. The average molecular weight is 234 g/mol. The molecule has 0 saturated heterocycles. The Bertz CT molecular complexity index is 892. The summed E-state index contributed by atoms with van der Waals surface area (Å²) < 4.78 is 0. The fraction of sp³-hybridized carbons (Fsp3) is 0. The van der Waals surface area contributed by atoms with Crippen LogP contribution >= 0.6 is 0 Å². The molecule has 4 rings (SSSR count). The molecule has 1 heterocycles. The number of hydrogen-bond acceptors (Lipinski definition) is 3. The van der Waals surface area contributed by atoms with Crippen molar-refractivity contribution >= 4 is 32.6 Å². The van der Waals surface area contributed by atoms with Crippen molar-refractivity contribution in [3.8, 4) is 0 Å². The molecule has 18 heavy (non-hydrogen) atoms. The Morgan fingerprint density at radius 2 is 1.33 bits per heavy atom. The normalized spacial score (nSPS) is 11.6. The van der Waals surface area contributed by atoms with Crippen molar-refractivity contribution in [2.75, 3.05) is 5.84 Å². The quantitative estimate of drug-likeness (QED) is 0.375. The van der Waals surface area contributed by atoms with Crippen LogP contribution in [-0.4, -0.2) is 15.1 Å². The predicted molar refractivity (Wildman–Crippen MR) is 72.7 cm³/mol. The molecule has 4 heteroatoms. The van der Waals surface area contributed by atoms with Crippen LogP contribution in [0.2, 0.25) is 0 Å². The molecular formula is C14H10N4. The van der Waals surface area contributed by atoms with E-state index in [1.807, 2.05) is 24.3 Å². The van der Waals surface area contributed by atoms with Crippen LogP contribution in [-0.2, 0) is 0 Å². The number of benzene rings is 3. The molecule has 0 aliphatic carbocycles. The van der Waals surface area contributed by atoms with Gasteiger partial charge in [-0.25, -0.2) is 0 Å². The van der Waals surface area contributed by atoms with E-state index in [1.54, 1.807) is 0 Å². The lowest BCUT2D eigenvalue weighted by Crippen LogP contribution is -2.09. The van der Waals surface area contributed by atoms with E-state index in [4.69, 9.17) is 5.84 Å². The van der Waals surface area contributed by atoms with Gasteiger partial charge >= 0.3 is 0 Å². The second kappa shape index (κ2) is 3.20. The highest BCUT2D eigenvalue weighted by atomic mass is 15.6. The molecule has 4 nitrogen and oxygen atoms in total. The molecular weight excluding hydrogens is 224 g/mol. The van der Waals surface area contributed by atoms with E-state index in [9.17, 15) is 0 Å². The smallest absolute Gasteiger partial charge is 0.123 e.